The van der Waals surface area contributed by atoms with Crippen LogP contribution in [0, 0.1) is 18.6 Å². The van der Waals surface area contributed by atoms with Gasteiger partial charge in [0.05, 0.1) is 4.90 Å². The van der Waals surface area contributed by atoms with Gasteiger partial charge in [-0.2, -0.15) is 0 Å². The van der Waals surface area contributed by atoms with E-state index in [1.54, 1.807) is 42.2 Å². The number of halogens is 2. The van der Waals surface area contributed by atoms with E-state index in [1.807, 2.05) is 0 Å². The lowest BCUT2D eigenvalue weighted by molar-refractivity contribution is 0.0940. The summed E-state index contributed by atoms with van der Waals surface area (Å²) >= 11 is 0. The summed E-state index contributed by atoms with van der Waals surface area (Å²) in [5.41, 5.74) is 0.922. The molecule has 0 radical (unpaired) electrons. The van der Waals surface area contributed by atoms with Gasteiger partial charge in [-0.15, -0.1) is 0 Å². The molecule has 1 atom stereocenters. The van der Waals surface area contributed by atoms with Crippen LogP contribution in [0.1, 0.15) is 33.4 Å². The van der Waals surface area contributed by atoms with E-state index in [9.17, 15) is 22.0 Å². The second-order valence-corrected chi connectivity index (χ2v) is 9.60. The third kappa shape index (κ3) is 5.22. The van der Waals surface area contributed by atoms with Crippen LogP contribution in [0.5, 0.6) is 0 Å². The minimum Gasteiger partial charge on any atom is -0.338 e. The minimum atomic E-state index is -3.95. The van der Waals surface area contributed by atoms with Crippen molar-refractivity contribution in [2.45, 2.75) is 17.9 Å². The van der Waals surface area contributed by atoms with Gasteiger partial charge in [-0.1, -0.05) is 18.2 Å². The van der Waals surface area contributed by atoms with Crippen molar-refractivity contribution in [3.63, 3.8) is 0 Å². The van der Waals surface area contributed by atoms with Gasteiger partial charge < -0.3 is 9.88 Å². The van der Waals surface area contributed by atoms with Crippen LogP contribution in [-0.2, 0) is 17.1 Å². The number of hydrogen-bond acceptors (Lipinski definition) is 4. The Morgan fingerprint density at radius 2 is 1.71 bits per heavy atom. The summed E-state index contributed by atoms with van der Waals surface area (Å²) in [6, 6.07) is 14.5. The number of sulfonamides is 1. The second kappa shape index (κ2) is 9.67. The van der Waals surface area contributed by atoms with Crippen LogP contribution in [0.25, 0.3) is 0 Å². The maximum Gasteiger partial charge on any atom is 0.261 e. The lowest BCUT2D eigenvalue weighted by atomic mass is 10.0. The molecule has 1 heterocycles. The van der Waals surface area contributed by atoms with Gasteiger partial charge in [-0.3, -0.25) is 9.52 Å². The number of carbonyl (C=O) groups excluding carboxylic acids is 1. The van der Waals surface area contributed by atoms with E-state index in [2.05, 4.69) is 15.0 Å². The summed E-state index contributed by atoms with van der Waals surface area (Å²) in [6.07, 6.45) is 3.25. The molecule has 0 bridgehead atoms. The zero-order valence-corrected chi connectivity index (χ0v) is 19.7. The fraction of sp³-hybridized carbons (Fsp3) is 0.120. The van der Waals surface area contributed by atoms with E-state index in [1.165, 1.54) is 49.4 Å². The third-order valence-corrected chi connectivity index (χ3v) is 6.83. The van der Waals surface area contributed by atoms with Gasteiger partial charge in [-0.05, 0) is 61.0 Å². The highest BCUT2D eigenvalue weighted by atomic mass is 32.2. The van der Waals surface area contributed by atoms with E-state index < -0.39 is 33.6 Å². The lowest BCUT2D eigenvalue weighted by Crippen LogP contribution is -2.31. The van der Waals surface area contributed by atoms with Crippen LogP contribution in [0.4, 0.5) is 14.5 Å². The van der Waals surface area contributed by atoms with Gasteiger partial charge in [0.1, 0.15) is 23.5 Å². The Bertz CT molecular complexity index is 1480. The number of nitrogens with one attached hydrogen (secondary N) is 2. The number of amides is 1. The number of rotatable bonds is 7. The third-order valence-electron chi connectivity index (χ3n) is 5.45. The Hall–Kier alpha value is -4.05. The summed E-state index contributed by atoms with van der Waals surface area (Å²) in [4.78, 5) is 17.2. The molecular weight excluding hydrogens is 474 g/mol. The fourth-order valence-electron chi connectivity index (χ4n) is 3.55. The number of carbonyl (C=O) groups is 1. The molecule has 7 nitrogen and oxygen atoms in total. The molecule has 0 saturated carbocycles. The van der Waals surface area contributed by atoms with Crippen LogP contribution in [0.3, 0.4) is 0 Å². The van der Waals surface area contributed by atoms with E-state index in [0.29, 0.717) is 5.82 Å². The molecule has 3 aromatic carbocycles. The molecule has 0 spiro atoms. The Kier molecular flexibility index (Phi) is 6.65. The Labute approximate surface area is 201 Å². The normalized spacial score (nSPS) is 12.2. The maximum atomic E-state index is 14.5. The standard InChI is InChI=1S/C25H22F2N4O3S/c1-16-15-19(11-12-21(16)26)35(33,34)30-18-9-7-17(8-10-18)25(32)29-23(24-28-13-14-31(24)2)20-5-3-4-6-22(20)27/h3-15,23,30H,1-2H3,(H,29,32). The molecule has 180 valence electrons. The van der Waals surface area contributed by atoms with Gasteiger partial charge in [0.2, 0.25) is 0 Å². The average molecular weight is 497 g/mol. The molecule has 35 heavy (non-hydrogen) atoms. The number of imidazole rings is 1. The number of anilines is 1. The van der Waals surface area contributed by atoms with Gasteiger partial charge in [0.25, 0.3) is 15.9 Å². The Balaban J connectivity index is 1.54. The van der Waals surface area contributed by atoms with Gasteiger partial charge in [0, 0.05) is 36.3 Å². The molecule has 4 aromatic rings. The number of nitrogens with zero attached hydrogens (tertiary/aromatic N) is 2. The zero-order valence-electron chi connectivity index (χ0n) is 18.9. The molecule has 2 N–H and O–H groups in total. The number of aryl methyl sites for hydroxylation is 2. The predicted octanol–water partition coefficient (Wildman–Crippen LogP) is 4.33. The van der Waals surface area contributed by atoms with Crippen molar-refractivity contribution in [1.29, 1.82) is 0 Å². The number of hydrogen-bond donors (Lipinski definition) is 2. The molecule has 0 saturated heterocycles. The van der Waals surface area contributed by atoms with Crippen molar-refractivity contribution < 1.29 is 22.0 Å². The molecule has 0 aliphatic heterocycles. The summed E-state index contributed by atoms with van der Waals surface area (Å²) in [7, 11) is -2.21. The number of benzene rings is 3. The highest BCUT2D eigenvalue weighted by Crippen LogP contribution is 2.24. The first-order valence-corrected chi connectivity index (χ1v) is 12.1. The smallest absolute Gasteiger partial charge is 0.261 e. The van der Waals surface area contributed by atoms with Crippen molar-refractivity contribution >= 4 is 21.6 Å². The highest BCUT2D eigenvalue weighted by Gasteiger charge is 2.24. The highest BCUT2D eigenvalue weighted by molar-refractivity contribution is 7.92. The molecule has 1 aromatic heterocycles. The lowest BCUT2D eigenvalue weighted by Gasteiger charge is -2.20. The van der Waals surface area contributed by atoms with E-state index in [-0.39, 0.29) is 27.3 Å². The Morgan fingerprint density at radius 1 is 1.00 bits per heavy atom. The summed E-state index contributed by atoms with van der Waals surface area (Å²) in [6.45, 7) is 1.47. The minimum absolute atomic E-state index is 0.0824. The first-order chi connectivity index (χ1) is 16.7. The van der Waals surface area contributed by atoms with Crippen LogP contribution >= 0.6 is 0 Å². The fourth-order valence-corrected chi connectivity index (χ4v) is 4.69. The van der Waals surface area contributed by atoms with Crippen molar-refractivity contribution in [3.05, 3.63) is 113 Å². The van der Waals surface area contributed by atoms with E-state index in [4.69, 9.17) is 0 Å². The molecule has 4 rings (SSSR count). The molecule has 10 heteroatoms. The van der Waals surface area contributed by atoms with Gasteiger partial charge in [-0.25, -0.2) is 22.2 Å². The van der Waals surface area contributed by atoms with Crippen LogP contribution in [0.15, 0.2) is 84.0 Å². The SMILES string of the molecule is Cc1cc(S(=O)(=O)Nc2ccc(C(=O)NC(c3ccccc3F)c3nccn3C)cc2)ccc1F. The van der Waals surface area contributed by atoms with Crippen molar-refractivity contribution in [1.82, 2.24) is 14.9 Å². The largest absolute Gasteiger partial charge is 0.338 e. The summed E-state index contributed by atoms with van der Waals surface area (Å²) < 4.78 is 57.4. The molecular formula is C25H22F2N4O3S. The first-order valence-electron chi connectivity index (χ1n) is 10.6. The second-order valence-electron chi connectivity index (χ2n) is 7.92. The quantitative estimate of drug-likeness (QED) is 0.398. The van der Waals surface area contributed by atoms with Crippen LogP contribution in [0.2, 0.25) is 0 Å². The molecule has 0 aliphatic carbocycles. The van der Waals surface area contributed by atoms with Crippen molar-refractivity contribution in [3.8, 4) is 0 Å². The first kappa shape index (κ1) is 24.1. The number of aromatic nitrogens is 2. The zero-order chi connectivity index (χ0) is 25.2. The Morgan fingerprint density at radius 3 is 2.34 bits per heavy atom. The topological polar surface area (TPSA) is 93.1 Å². The van der Waals surface area contributed by atoms with Crippen LogP contribution in [-0.4, -0.2) is 23.9 Å². The molecule has 0 aliphatic rings. The molecule has 1 amide bonds. The van der Waals surface area contributed by atoms with Gasteiger partial charge >= 0.3 is 0 Å². The monoisotopic (exact) mass is 496 g/mol. The summed E-state index contributed by atoms with van der Waals surface area (Å²) in [5.74, 6) is -1.03. The van der Waals surface area contributed by atoms with Gasteiger partial charge in [0.15, 0.2) is 0 Å². The summed E-state index contributed by atoms with van der Waals surface area (Å²) in [5, 5.41) is 2.80. The maximum absolute atomic E-state index is 14.5. The average Bonchev–Trinajstić information content (AvgIpc) is 3.25. The van der Waals surface area contributed by atoms with E-state index >= 15 is 0 Å². The molecule has 1 unspecified atom stereocenters. The van der Waals surface area contributed by atoms with Crippen molar-refractivity contribution in [2.75, 3.05) is 4.72 Å². The van der Waals surface area contributed by atoms with E-state index in [0.717, 1.165) is 6.07 Å². The molecule has 0 fully saturated rings. The van der Waals surface area contributed by atoms with Crippen molar-refractivity contribution in [2.24, 2.45) is 7.05 Å². The van der Waals surface area contributed by atoms with Crippen LogP contribution < -0.4 is 10.0 Å². The predicted molar refractivity (Wildman–Crippen MR) is 127 cm³/mol.